The highest BCUT2D eigenvalue weighted by atomic mass is 35.5. The lowest BCUT2D eigenvalue weighted by Gasteiger charge is -2.28. The number of nitrogens with zero attached hydrogens (tertiary/aromatic N) is 3. The van der Waals surface area contributed by atoms with Crippen LogP contribution in [0.15, 0.2) is 48.5 Å². The van der Waals surface area contributed by atoms with Gasteiger partial charge in [-0.1, -0.05) is 35.3 Å². The normalized spacial score (nSPS) is 15.5. The number of halogens is 2. The van der Waals surface area contributed by atoms with Gasteiger partial charge in [0, 0.05) is 64.2 Å². The average molecular weight is 730 g/mol. The standard InChI is InChI=1S/C38H50Cl2N4O6/c1-27-20-34(39)37(35(40)21-27)50-19-18-48-33-9-5-28(6-10-33)22-30(25-41)38(45)44(32-7-8-32)26-29-23-31(4-3-14-46-2)42-36(24-29)49-17-13-43-11-15-47-16-12-43/h5-6,9-10,20-21,23-24,30,32H,3-4,7-8,11-19,22,25-26,41H2,1-2H3. The van der Waals surface area contributed by atoms with Crippen LogP contribution in [0.5, 0.6) is 17.4 Å². The van der Waals surface area contributed by atoms with Crippen LogP contribution in [0.4, 0.5) is 0 Å². The van der Waals surface area contributed by atoms with Gasteiger partial charge >= 0.3 is 0 Å². The van der Waals surface area contributed by atoms with Crippen LogP contribution in [0.25, 0.3) is 0 Å². The molecule has 1 aliphatic heterocycles. The van der Waals surface area contributed by atoms with Crippen LogP contribution < -0.4 is 19.9 Å². The van der Waals surface area contributed by atoms with Crippen molar-refractivity contribution in [3.8, 4) is 17.4 Å². The number of morpholine rings is 1. The molecule has 1 aromatic heterocycles. The van der Waals surface area contributed by atoms with Crippen LogP contribution in [-0.4, -0.2) is 99.7 Å². The minimum absolute atomic E-state index is 0.0773. The lowest BCUT2D eigenvalue weighted by Crippen LogP contribution is -2.41. The fourth-order valence-corrected chi connectivity index (χ4v) is 6.73. The van der Waals surface area contributed by atoms with Crippen molar-refractivity contribution in [3.05, 3.63) is 81.0 Å². The van der Waals surface area contributed by atoms with Crippen molar-refractivity contribution in [2.45, 2.75) is 51.6 Å². The van der Waals surface area contributed by atoms with Crippen LogP contribution in [0.1, 0.15) is 41.6 Å². The van der Waals surface area contributed by atoms with E-state index in [0.717, 1.165) is 80.9 Å². The van der Waals surface area contributed by atoms with E-state index in [1.165, 1.54) is 0 Å². The van der Waals surface area contributed by atoms with E-state index < -0.39 is 0 Å². The van der Waals surface area contributed by atoms with Gasteiger partial charge in [0.25, 0.3) is 0 Å². The quantitative estimate of drug-likeness (QED) is 0.146. The lowest BCUT2D eigenvalue weighted by atomic mass is 9.97. The largest absolute Gasteiger partial charge is 0.490 e. The smallest absolute Gasteiger partial charge is 0.227 e. The first-order valence-corrected chi connectivity index (χ1v) is 18.3. The molecule has 10 nitrogen and oxygen atoms in total. The van der Waals surface area contributed by atoms with Gasteiger partial charge in [0.15, 0.2) is 5.75 Å². The summed E-state index contributed by atoms with van der Waals surface area (Å²) in [5.41, 5.74) is 10.2. The first kappa shape index (κ1) is 38.1. The Labute approximate surface area is 306 Å². The maximum atomic E-state index is 14.0. The molecule has 1 aliphatic carbocycles. The van der Waals surface area contributed by atoms with Crippen molar-refractivity contribution in [2.24, 2.45) is 11.7 Å². The number of aryl methyl sites for hydroxylation is 2. The Bertz CT molecular complexity index is 1490. The lowest BCUT2D eigenvalue weighted by molar-refractivity contribution is -0.136. The summed E-state index contributed by atoms with van der Waals surface area (Å²) >= 11 is 12.6. The van der Waals surface area contributed by atoms with E-state index in [4.69, 9.17) is 57.6 Å². The van der Waals surface area contributed by atoms with E-state index in [1.807, 2.05) is 54.3 Å². The van der Waals surface area contributed by atoms with Gasteiger partial charge in [-0.05, 0) is 86.1 Å². The molecule has 1 saturated carbocycles. The van der Waals surface area contributed by atoms with Gasteiger partial charge < -0.3 is 34.3 Å². The fraction of sp³-hybridized carbons (Fsp3) is 0.526. The minimum atomic E-state index is -0.341. The molecule has 12 heteroatoms. The highest BCUT2D eigenvalue weighted by Crippen LogP contribution is 2.34. The van der Waals surface area contributed by atoms with Gasteiger partial charge in [0.1, 0.15) is 25.6 Å². The highest BCUT2D eigenvalue weighted by Gasteiger charge is 2.35. The van der Waals surface area contributed by atoms with Crippen LogP contribution in [0.2, 0.25) is 10.0 Å². The van der Waals surface area contributed by atoms with Gasteiger partial charge in [0.2, 0.25) is 11.8 Å². The van der Waals surface area contributed by atoms with E-state index in [1.54, 1.807) is 7.11 Å². The van der Waals surface area contributed by atoms with Gasteiger partial charge in [-0.15, -0.1) is 0 Å². The van der Waals surface area contributed by atoms with Crippen LogP contribution in [0, 0.1) is 12.8 Å². The molecule has 2 N–H and O–H groups in total. The van der Waals surface area contributed by atoms with Crippen molar-refractivity contribution >= 4 is 29.1 Å². The monoisotopic (exact) mass is 728 g/mol. The number of carbonyl (C=O) groups is 1. The molecule has 1 unspecified atom stereocenters. The second kappa shape index (κ2) is 19.5. The number of hydrogen-bond donors (Lipinski definition) is 1. The molecule has 1 amide bonds. The SMILES string of the molecule is COCCCc1cc(CN(C(=O)C(CN)Cc2ccc(OCCOc3c(Cl)cc(C)cc3Cl)cc2)C2CC2)cc(OCCN2CCOCC2)n1. The second-order valence-electron chi connectivity index (χ2n) is 12.9. The summed E-state index contributed by atoms with van der Waals surface area (Å²) in [6, 6.07) is 15.7. The molecule has 5 rings (SSSR count). The zero-order valence-electron chi connectivity index (χ0n) is 29.2. The Balaban J connectivity index is 1.17. The molecule has 272 valence electrons. The van der Waals surface area contributed by atoms with E-state index in [-0.39, 0.29) is 24.4 Å². The van der Waals surface area contributed by atoms with Gasteiger partial charge in [0.05, 0.1) is 29.2 Å². The first-order valence-electron chi connectivity index (χ1n) is 17.6. The maximum Gasteiger partial charge on any atom is 0.227 e. The Kier molecular flexibility index (Phi) is 14.8. The molecule has 2 aliphatic rings. The zero-order chi connectivity index (χ0) is 35.3. The summed E-state index contributed by atoms with van der Waals surface area (Å²) in [5.74, 6) is 1.49. The predicted molar refractivity (Wildman–Crippen MR) is 196 cm³/mol. The van der Waals surface area contributed by atoms with E-state index in [2.05, 4.69) is 11.0 Å². The van der Waals surface area contributed by atoms with Crippen molar-refractivity contribution in [3.63, 3.8) is 0 Å². The van der Waals surface area contributed by atoms with Gasteiger partial charge in [-0.25, -0.2) is 4.98 Å². The number of hydrogen-bond acceptors (Lipinski definition) is 9. The molecule has 0 bridgehead atoms. The molecular formula is C38H50Cl2N4O6. The summed E-state index contributed by atoms with van der Waals surface area (Å²) in [6.45, 7) is 8.64. The topological polar surface area (TPSA) is 109 Å². The summed E-state index contributed by atoms with van der Waals surface area (Å²) in [6.07, 6.45) is 4.16. The Morgan fingerprint density at radius 1 is 0.980 bits per heavy atom. The van der Waals surface area contributed by atoms with E-state index in [9.17, 15) is 4.79 Å². The number of aromatic nitrogens is 1. The molecule has 3 aromatic rings. The number of carbonyl (C=O) groups excluding carboxylic acids is 1. The van der Waals surface area contributed by atoms with Crippen molar-refractivity contribution in [1.82, 2.24) is 14.8 Å². The molecule has 2 heterocycles. The Morgan fingerprint density at radius 2 is 1.70 bits per heavy atom. The number of nitrogens with two attached hydrogens (primary N) is 1. The molecule has 1 saturated heterocycles. The third-order valence-corrected chi connectivity index (χ3v) is 9.42. The third kappa shape index (κ3) is 11.7. The molecule has 2 fully saturated rings. The molecule has 2 aromatic carbocycles. The highest BCUT2D eigenvalue weighted by molar-refractivity contribution is 6.37. The first-order chi connectivity index (χ1) is 24.3. The minimum Gasteiger partial charge on any atom is -0.490 e. The van der Waals surface area contributed by atoms with Crippen LogP contribution >= 0.6 is 23.2 Å². The number of rotatable bonds is 20. The fourth-order valence-electron chi connectivity index (χ4n) is 6.03. The molecular weight excluding hydrogens is 679 g/mol. The molecule has 0 radical (unpaired) electrons. The van der Waals surface area contributed by atoms with Crippen molar-refractivity contribution in [2.75, 3.05) is 72.9 Å². The number of methoxy groups -OCH3 is 1. The van der Waals surface area contributed by atoms with Crippen molar-refractivity contribution in [1.29, 1.82) is 0 Å². The van der Waals surface area contributed by atoms with Crippen LogP contribution in [0.3, 0.4) is 0 Å². The number of pyridine rings is 1. The number of ether oxygens (including phenoxy) is 5. The van der Waals surface area contributed by atoms with Crippen molar-refractivity contribution < 1.29 is 28.5 Å². The molecule has 0 spiro atoms. The van der Waals surface area contributed by atoms with Gasteiger partial charge in [-0.2, -0.15) is 0 Å². The predicted octanol–water partition coefficient (Wildman–Crippen LogP) is 5.75. The maximum absolute atomic E-state index is 14.0. The number of benzene rings is 2. The average Bonchev–Trinajstić information content (AvgIpc) is 3.95. The van der Waals surface area contributed by atoms with E-state index >= 15 is 0 Å². The summed E-state index contributed by atoms with van der Waals surface area (Å²) in [5, 5.41) is 0.946. The second-order valence-corrected chi connectivity index (χ2v) is 13.8. The summed E-state index contributed by atoms with van der Waals surface area (Å²) < 4.78 is 28.5. The summed E-state index contributed by atoms with van der Waals surface area (Å²) in [4.78, 5) is 23.2. The zero-order valence-corrected chi connectivity index (χ0v) is 30.7. The summed E-state index contributed by atoms with van der Waals surface area (Å²) in [7, 11) is 1.71. The molecule has 50 heavy (non-hydrogen) atoms. The Hall–Kier alpha value is -3.12. The van der Waals surface area contributed by atoms with Gasteiger partial charge in [-0.3, -0.25) is 9.69 Å². The van der Waals surface area contributed by atoms with Crippen LogP contribution in [-0.2, 0) is 33.7 Å². The number of amides is 1. The van der Waals surface area contributed by atoms with E-state index in [0.29, 0.717) is 66.8 Å². The third-order valence-electron chi connectivity index (χ3n) is 8.86. The Morgan fingerprint density at radius 3 is 2.38 bits per heavy atom. The molecule has 1 atom stereocenters.